The van der Waals surface area contributed by atoms with Crippen molar-refractivity contribution in [3.8, 4) is 0 Å². The summed E-state index contributed by atoms with van der Waals surface area (Å²) in [6, 6.07) is 3.22. The largest absolute Gasteiger partial charge is 0.468 e. The maximum atomic E-state index is 15.0. The van der Waals surface area contributed by atoms with E-state index in [2.05, 4.69) is 4.74 Å². The van der Waals surface area contributed by atoms with Crippen LogP contribution in [0.5, 0.6) is 0 Å². The van der Waals surface area contributed by atoms with Crippen molar-refractivity contribution in [1.82, 2.24) is 4.90 Å². The molecule has 0 N–H and O–H groups in total. The first-order chi connectivity index (χ1) is 11.0. The zero-order valence-electron chi connectivity index (χ0n) is 12.8. The van der Waals surface area contributed by atoms with Gasteiger partial charge in [-0.2, -0.15) is 0 Å². The molecule has 1 heterocycles. The highest BCUT2D eigenvalue weighted by atomic mass is 19.1. The fourth-order valence-electron chi connectivity index (χ4n) is 3.66. The summed E-state index contributed by atoms with van der Waals surface area (Å²) in [5.41, 5.74) is 0.00542. The number of fused-ring (bicyclic) bond motifs is 2. The summed E-state index contributed by atoms with van der Waals surface area (Å²) in [5.74, 6) is -1.23. The van der Waals surface area contributed by atoms with Gasteiger partial charge < -0.3 is 9.64 Å². The lowest BCUT2D eigenvalue weighted by atomic mass is 9.83. The van der Waals surface area contributed by atoms with Gasteiger partial charge in [-0.15, -0.1) is 0 Å². The van der Waals surface area contributed by atoms with Gasteiger partial charge in [0.2, 0.25) is 0 Å². The number of methoxy groups -OCH3 is 1. The van der Waals surface area contributed by atoms with E-state index in [1.807, 2.05) is 0 Å². The minimum absolute atomic E-state index is 0.0279. The first kappa shape index (κ1) is 14.6. The van der Waals surface area contributed by atoms with E-state index in [1.165, 1.54) is 12.0 Å². The van der Waals surface area contributed by atoms with Crippen molar-refractivity contribution in [2.45, 2.75) is 36.8 Å². The van der Waals surface area contributed by atoms with Crippen molar-refractivity contribution in [3.63, 3.8) is 0 Å². The first-order valence-electron chi connectivity index (χ1n) is 7.81. The zero-order chi connectivity index (χ0) is 16.4. The van der Waals surface area contributed by atoms with Crippen LogP contribution in [0.1, 0.15) is 46.7 Å². The predicted octanol–water partition coefficient (Wildman–Crippen LogP) is 2.31. The topological polar surface area (TPSA) is 46.6 Å². The van der Waals surface area contributed by atoms with E-state index in [9.17, 15) is 18.4 Å². The Labute approximate surface area is 132 Å². The van der Waals surface area contributed by atoms with Crippen LogP contribution in [-0.4, -0.2) is 43.1 Å². The van der Waals surface area contributed by atoms with Gasteiger partial charge in [0.05, 0.1) is 12.5 Å². The Balaban J connectivity index is 1.79. The molecule has 1 unspecified atom stereocenters. The molecule has 1 aromatic carbocycles. The van der Waals surface area contributed by atoms with Crippen molar-refractivity contribution >= 4 is 11.9 Å². The number of nitrogens with zero attached hydrogens (tertiary/aromatic N) is 1. The van der Waals surface area contributed by atoms with E-state index < -0.39 is 29.3 Å². The number of esters is 1. The third-order valence-corrected chi connectivity index (χ3v) is 5.21. The molecule has 2 fully saturated rings. The normalized spacial score (nSPS) is 28.7. The number of hydrogen-bond acceptors (Lipinski definition) is 3. The lowest BCUT2D eigenvalue weighted by Gasteiger charge is -2.34. The molecule has 1 aromatic rings. The van der Waals surface area contributed by atoms with Gasteiger partial charge in [-0.25, -0.2) is 8.78 Å². The molecule has 6 heteroatoms. The van der Waals surface area contributed by atoms with Gasteiger partial charge in [0.1, 0.15) is 18.5 Å². The minimum Gasteiger partial charge on any atom is -0.468 e. The predicted molar refractivity (Wildman–Crippen MR) is 77.5 cm³/mol. The van der Waals surface area contributed by atoms with Crippen LogP contribution in [0.3, 0.4) is 0 Å². The number of amides is 1. The fourth-order valence-corrected chi connectivity index (χ4v) is 3.66. The number of benzene rings is 1. The Kier molecular flexibility index (Phi) is 3.02. The minimum atomic E-state index is -1.18. The Morgan fingerprint density at radius 1 is 1.43 bits per heavy atom. The maximum Gasteiger partial charge on any atom is 0.325 e. The summed E-state index contributed by atoms with van der Waals surface area (Å²) in [4.78, 5) is 25.3. The summed E-state index contributed by atoms with van der Waals surface area (Å²) in [6.45, 7) is -0.213. The fraction of sp³-hybridized carbons (Fsp3) is 0.529. The summed E-state index contributed by atoms with van der Waals surface area (Å²) >= 11 is 0. The smallest absolute Gasteiger partial charge is 0.325 e. The van der Waals surface area contributed by atoms with Crippen LogP contribution in [0, 0.1) is 5.82 Å². The van der Waals surface area contributed by atoms with Crippen LogP contribution in [0.15, 0.2) is 12.1 Å². The number of carbonyl (C=O) groups is 2. The van der Waals surface area contributed by atoms with Gasteiger partial charge in [-0.05, 0) is 36.8 Å². The van der Waals surface area contributed by atoms with Gasteiger partial charge >= 0.3 is 5.97 Å². The SMILES string of the molecule is COC(=O)CN1C[C@@]2(CC2F)c2c(ccc(C3CC3)c2F)C1=O. The first-order valence-corrected chi connectivity index (χ1v) is 7.81. The van der Waals surface area contributed by atoms with Crippen molar-refractivity contribution in [2.75, 3.05) is 20.2 Å². The summed E-state index contributed by atoms with van der Waals surface area (Å²) < 4.78 is 33.7. The molecule has 2 atom stereocenters. The van der Waals surface area contributed by atoms with Crippen molar-refractivity contribution < 1.29 is 23.1 Å². The van der Waals surface area contributed by atoms with E-state index >= 15 is 0 Å². The molecule has 23 heavy (non-hydrogen) atoms. The third kappa shape index (κ3) is 2.07. The van der Waals surface area contributed by atoms with E-state index in [-0.39, 0.29) is 36.6 Å². The number of halogens is 2. The average molecular weight is 321 g/mol. The molecule has 0 radical (unpaired) electrons. The van der Waals surface area contributed by atoms with Crippen LogP contribution < -0.4 is 0 Å². The lowest BCUT2D eigenvalue weighted by molar-refractivity contribution is -0.141. The highest BCUT2D eigenvalue weighted by Gasteiger charge is 2.62. The van der Waals surface area contributed by atoms with Gasteiger partial charge in [-0.3, -0.25) is 9.59 Å². The lowest BCUT2D eigenvalue weighted by Crippen LogP contribution is -2.47. The summed E-state index contributed by atoms with van der Waals surface area (Å²) in [6.07, 6.45) is 0.878. The summed E-state index contributed by atoms with van der Waals surface area (Å²) in [5, 5.41) is 0. The molecular formula is C17H17F2NO3. The van der Waals surface area contributed by atoms with Crippen molar-refractivity contribution in [3.05, 3.63) is 34.6 Å². The molecule has 2 aliphatic carbocycles. The Bertz CT molecular complexity index is 716. The second-order valence-electron chi connectivity index (χ2n) is 6.73. The van der Waals surface area contributed by atoms with Crippen LogP contribution in [0.2, 0.25) is 0 Å². The quantitative estimate of drug-likeness (QED) is 0.803. The number of hydrogen-bond donors (Lipinski definition) is 0. The van der Waals surface area contributed by atoms with E-state index in [1.54, 1.807) is 12.1 Å². The Morgan fingerprint density at radius 2 is 2.13 bits per heavy atom. The molecule has 0 aromatic heterocycles. The number of rotatable bonds is 3. The molecule has 3 aliphatic rings. The van der Waals surface area contributed by atoms with E-state index in [0.717, 1.165) is 12.8 Å². The average Bonchev–Trinajstić information content (AvgIpc) is 3.43. The van der Waals surface area contributed by atoms with Crippen LogP contribution >= 0.6 is 0 Å². The molecule has 1 aliphatic heterocycles. The number of carbonyl (C=O) groups excluding carboxylic acids is 2. The molecule has 2 saturated carbocycles. The number of ether oxygens (including phenoxy) is 1. The highest BCUT2D eigenvalue weighted by Crippen LogP contribution is 2.56. The monoisotopic (exact) mass is 321 g/mol. The van der Waals surface area contributed by atoms with Gasteiger partial charge in [0.15, 0.2) is 0 Å². The third-order valence-electron chi connectivity index (χ3n) is 5.21. The van der Waals surface area contributed by atoms with Crippen molar-refractivity contribution in [1.29, 1.82) is 0 Å². The Morgan fingerprint density at radius 3 is 2.70 bits per heavy atom. The molecule has 1 amide bonds. The zero-order valence-corrected chi connectivity index (χ0v) is 12.8. The highest BCUT2D eigenvalue weighted by molar-refractivity contribution is 5.99. The molecular weight excluding hydrogens is 304 g/mol. The molecule has 4 rings (SSSR count). The summed E-state index contributed by atoms with van der Waals surface area (Å²) in [7, 11) is 1.23. The maximum absolute atomic E-state index is 15.0. The van der Waals surface area contributed by atoms with E-state index in [0.29, 0.717) is 5.56 Å². The van der Waals surface area contributed by atoms with Gasteiger partial charge in [0, 0.05) is 17.7 Å². The van der Waals surface area contributed by atoms with Crippen molar-refractivity contribution in [2.24, 2.45) is 0 Å². The molecule has 1 spiro atoms. The standard InChI is InChI=1S/C17H17F2NO3/c1-23-13(21)7-20-8-17(6-12(17)18)14-11(16(20)22)5-4-10(15(14)19)9-2-3-9/h4-5,9,12H,2-3,6-8H2,1H3/t12?,17-/m1/s1. The van der Waals surface area contributed by atoms with Crippen LogP contribution in [-0.2, 0) is 14.9 Å². The molecule has 122 valence electrons. The van der Waals surface area contributed by atoms with Gasteiger partial charge in [0.25, 0.3) is 5.91 Å². The molecule has 0 bridgehead atoms. The van der Waals surface area contributed by atoms with E-state index in [4.69, 9.17) is 0 Å². The van der Waals surface area contributed by atoms with Crippen LogP contribution in [0.25, 0.3) is 0 Å². The second kappa shape index (κ2) is 4.76. The number of alkyl halides is 1. The second-order valence-corrected chi connectivity index (χ2v) is 6.73. The molecule has 4 nitrogen and oxygen atoms in total. The molecule has 0 saturated heterocycles. The van der Waals surface area contributed by atoms with Gasteiger partial charge in [-0.1, -0.05) is 6.07 Å². The Hall–Kier alpha value is -1.98. The van der Waals surface area contributed by atoms with Crippen LogP contribution in [0.4, 0.5) is 8.78 Å².